The Hall–Kier alpha value is -1.79. The first-order valence-corrected chi connectivity index (χ1v) is 15.9. The Morgan fingerprint density at radius 1 is 1.24 bits per heavy atom. The second-order valence-electron chi connectivity index (χ2n) is 11.9. The number of carbonyl (C=O) groups excluding carboxylic acids is 3. The molecule has 0 aromatic carbocycles. The summed E-state index contributed by atoms with van der Waals surface area (Å²) in [6.07, 6.45) is 5.74. The molecule has 10 nitrogen and oxygen atoms in total. The predicted molar refractivity (Wildman–Crippen MR) is 157 cm³/mol. The standard InChI is InChI=1S/C30H46BrN3O7/c1-5-7-8-9-15-40-29(38)23-24-27(36)34(22(19-35)20(3)4)26(30(24)18-21(31)25(23)41-30)28(37)33(10-6-2)12-11-32-13-16-39-17-14-32/h5-6,20-26,35H,1-2,7-19H2,3-4H3/t21?,22-,23-,24-,25-,26?,30?/m0/s1. The van der Waals surface area contributed by atoms with Gasteiger partial charge in [-0.15, -0.1) is 13.2 Å². The van der Waals surface area contributed by atoms with E-state index in [2.05, 4.69) is 34.0 Å². The number of esters is 1. The maximum atomic E-state index is 14.5. The van der Waals surface area contributed by atoms with E-state index in [9.17, 15) is 19.5 Å². The fourth-order valence-electron chi connectivity index (χ4n) is 6.96. The summed E-state index contributed by atoms with van der Waals surface area (Å²) in [5, 5.41) is 10.4. The van der Waals surface area contributed by atoms with E-state index in [-0.39, 0.29) is 35.8 Å². The predicted octanol–water partition coefficient (Wildman–Crippen LogP) is 2.00. The third-order valence-electron chi connectivity index (χ3n) is 9.04. The van der Waals surface area contributed by atoms with Gasteiger partial charge < -0.3 is 29.1 Å². The number of hydrogen-bond donors (Lipinski definition) is 1. The monoisotopic (exact) mass is 639 g/mol. The number of aliphatic hydroxyl groups is 1. The second kappa shape index (κ2) is 14.1. The summed E-state index contributed by atoms with van der Waals surface area (Å²) in [5.41, 5.74) is -1.19. The summed E-state index contributed by atoms with van der Waals surface area (Å²) >= 11 is 3.71. The Morgan fingerprint density at radius 3 is 2.61 bits per heavy atom. The topological polar surface area (TPSA) is 109 Å². The number of alkyl halides is 1. The Balaban J connectivity index is 1.64. The van der Waals surface area contributed by atoms with E-state index >= 15 is 0 Å². The fourth-order valence-corrected chi connectivity index (χ4v) is 7.90. The van der Waals surface area contributed by atoms with Crippen molar-refractivity contribution in [3.05, 3.63) is 25.3 Å². The molecule has 4 rings (SSSR count). The molecular weight excluding hydrogens is 594 g/mol. The Bertz CT molecular complexity index is 974. The van der Waals surface area contributed by atoms with Crippen molar-refractivity contribution in [2.24, 2.45) is 17.8 Å². The molecule has 41 heavy (non-hydrogen) atoms. The lowest BCUT2D eigenvalue weighted by atomic mass is 9.70. The summed E-state index contributed by atoms with van der Waals surface area (Å²) in [6.45, 7) is 15.7. The minimum Gasteiger partial charge on any atom is -0.465 e. The average Bonchev–Trinajstić information content (AvgIpc) is 3.55. The Kier molecular flexibility index (Phi) is 11.1. The number of rotatable bonds is 15. The number of morpholine rings is 1. The van der Waals surface area contributed by atoms with E-state index in [1.54, 1.807) is 11.0 Å². The molecule has 4 aliphatic rings. The highest BCUT2D eigenvalue weighted by molar-refractivity contribution is 9.09. The number of ether oxygens (including phenoxy) is 3. The van der Waals surface area contributed by atoms with E-state index in [0.717, 1.165) is 25.9 Å². The number of aliphatic hydroxyl groups excluding tert-OH is 1. The number of unbranched alkanes of at least 4 members (excludes halogenated alkanes) is 2. The quantitative estimate of drug-likeness (QED) is 0.125. The van der Waals surface area contributed by atoms with Crippen LogP contribution in [-0.4, -0.2) is 125 Å². The highest BCUT2D eigenvalue weighted by Gasteiger charge is 2.77. The van der Waals surface area contributed by atoms with E-state index in [1.807, 2.05) is 19.9 Å². The van der Waals surface area contributed by atoms with Crippen LogP contribution in [-0.2, 0) is 28.6 Å². The molecule has 0 aromatic heterocycles. The number of allylic oxidation sites excluding steroid dienone is 1. The van der Waals surface area contributed by atoms with Crippen LogP contribution in [0.3, 0.4) is 0 Å². The molecule has 0 aromatic rings. The lowest BCUT2D eigenvalue weighted by molar-refractivity contribution is -0.157. The second-order valence-corrected chi connectivity index (χ2v) is 13.1. The van der Waals surface area contributed by atoms with Crippen LogP contribution in [0.1, 0.15) is 39.5 Å². The molecule has 4 heterocycles. The van der Waals surface area contributed by atoms with Gasteiger partial charge in [0.2, 0.25) is 11.8 Å². The average molecular weight is 641 g/mol. The van der Waals surface area contributed by atoms with Crippen LogP contribution in [0.2, 0.25) is 0 Å². The largest absolute Gasteiger partial charge is 0.465 e. The van der Waals surface area contributed by atoms with Gasteiger partial charge in [0.05, 0.1) is 50.4 Å². The molecule has 3 unspecified atom stereocenters. The number of likely N-dealkylation sites (tertiary alicyclic amines) is 1. The molecule has 0 saturated carbocycles. The Labute approximate surface area is 252 Å². The smallest absolute Gasteiger partial charge is 0.312 e. The van der Waals surface area contributed by atoms with Crippen molar-refractivity contribution in [1.29, 1.82) is 0 Å². The van der Waals surface area contributed by atoms with Crippen molar-refractivity contribution in [1.82, 2.24) is 14.7 Å². The molecule has 1 N–H and O–H groups in total. The first-order chi connectivity index (χ1) is 19.7. The number of hydrogen-bond acceptors (Lipinski definition) is 8. The van der Waals surface area contributed by atoms with Gasteiger partial charge in [0, 0.05) is 37.6 Å². The minimum absolute atomic E-state index is 0.122. The number of carbonyl (C=O) groups is 3. The van der Waals surface area contributed by atoms with Gasteiger partial charge in [-0.3, -0.25) is 19.3 Å². The van der Waals surface area contributed by atoms with E-state index < -0.39 is 41.6 Å². The van der Waals surface area contributed by atoms with Gasteiger partial charge in [0.1, 0.15) is 11.6 Å². The van der Waals surface area contributed by atoms with Crippen LogP contribution in [0.4, 0.5) is 0 Å². The summed E-state index contributed by atoms with van der Waals surface area (Å²) in [6, 6.07) is -1.58. The maximum Gasteiger partial charge on any atom is 0.312 e. The van der Waals surface area contributed by atoms with E-state index in [1.165, 1.54) is 4.90 Å². The molecule has 1 spiro atoms. The molecular formula is C30H46BrN3O7. The van der Waals surface area contributed by atoms with Gasteiger partial charge in [-0.05, 0) is 31.6 Å². The molecule has 2 amide bonds. The molecule has 4 fully saturated rings. The molecule has 7 atom stereocenters. The number of fused-ring (bicyclic) bond motifs is 1. The molecule has 2 bridgehead atoms. The van der Waals surface area contributed by atoms with Crippen LogP contribution >= 0.6 is 15.9 Å². The van der Waals surface area contributed by atoms with Crippen molar-refractivity contribution in [2.75, 3.05) is 59.2 Å². The summed E-state index contributed by atoms with van der Waals surface area (Å²) in [4.78, 5) is 47.6. The summed E-state index contributed by atoms with van der Waals surface area (Å²) < 4.78 is 17.7. The van der Waals surface area contributed by atoms with E-state index in [0.29, 0.717) is 45.7 Å². The van der Waals surface area contributed by atoms with Crippen LogP contribution in [0.25, 0.3) is 0 Å². The third-order valence-corrected chi connectivity index (χ3v) is 9.89. The first-order valence-electron chi connectivity index (χ1n) is 14.9. The minimum atomic E-state index is -1.19. The molecule has 11 heteroatoms. The number of amides is 2. The SMILES string of the molecule is C=CCCCCOC(=O)[C@H]1[C@H]2C(=O)N([C@@H](CO)C(C)C)C(C(=O)N(CC=C)CCN3CCOCC3)C23CC(Br)[C@@H]1O3. The van der Waals surface area contributed by atoms with Crippen molar-refractivity contribution >= 4 is 33.7 Å². The fraction of sp³-hybridized carbons (Fsp3) is 0.767. The highest BCUT2D eigenvalue weighted by Crippen LogP contribution is 2.61. The first kappa shape index (κ1) is 32.1. The van der Waals surface area contributed by atoms with Crippen molar-refractivity contribution in [3.8, 4) is 0 Å². The van der Waals surface area contributed by atoms with Gasteiger partial charge in [0.15, 0.2) is 0 Å². The van der Waals surface area contributed by atoms with Crippen molar-refractivity contribution in [2.45, 2.75) is 68.1 Å². The zero-order chi connectivity index (χ0) is 29.7. The lowest BCUT2D eigenvalue weighted by Gasteiger charge is -2.41. The maximum absolute atomic E-state index is 14.5. The zero-order valence-electron chi connectivity index (χ0n) is 24.4. The van der Waals surface area contributed by atoms with Gasteiger partial charge in [0.25, 0.3) is 0 Å². The molecule has 0 aliphatic carbocycles. The van der Waals surface area contributed by atoms with Gasteiger partial charge in [-0.2, -0.15) is 0 Å². The molecule has 4 saturated heterocycles. The number of halogens is 1. The van der Waals surface area contributed by atoms with Crippen molar-refractivity contribution in [3.63, 3.8) is 0 Å². The molecule has 4 aliphatic heterocycles. The van der Waals surface area contributed by atoms with Crippen LogP contribution in [0.5, 0.6) is 0 Å². The summed E-state index contributed by atoms with van der Waals surface area (Å²) in [7, 11) is 0. The zero-order valence-corrected chi connectivity index (χ0v) is 26.0. The summed E-state index contributed by atoms with van der Waals surface area (Å²) in [5.74, 6) is -2.83. The third kappa shape index (κ3) is 6.30. The van der Waals surface area contributed by atoms with Crippen LogP contribution in [0, 0.1) is 17.8 Å². The van der Waals surface area contributed by atoms with Gasteiger partial charge >= 0.3 is 5.97 Å². The molecule has 0 radical (unpaired) electrons. The van der Waals surface area contributed by atoms with Crippen LogP contribution in [0.15, 0.2) is 25.3 Å². The van der Waals surface area contributed by atoms with Gasteiger partial charge in [-0.25, -0.2) is 0 Å². The normalized spacial score (nSPS) is 31.8. The van der Waals surface area contributed by atoms with Crippen LogP contribution < -0.4 is 0 Å². The van der Waals surface area contributed by atoms with Gasteiger partial charge in [-0.1, -0.05) is 41.9 Å². The Morgan fingerprint density at radius 2 is 1.98 bits per heavy atom. The lowest BCUT2D eigenvalue weighted by Crippen LogP contribution is -2.60. The highest BCUT2D eigenvalue weighted by atomic mass is 79.9. The van der Waals surface area contributed by atoms with E-state index in [4.69, 9.17) is 14.2 Å². The van der Waals surface area contributed by atoms with Crippen molar-refractivity contribution < 1.29 is 33.7 Å². The number of nitrogens with zero attached hydrogens (tertiary/aromatic N) is 3. The molecule has 230 valence electrons.